The van der Waals surface area contributed by atoms with Crippen LogP contribution in [0.4, 0.5) is 0 Å². The fourth-order valence-corrected chi connectivity index (χ4v) is 4.25. The standard InChI is InChI=1S/C23H24N2O4S2/c1-15-7-8-16(2)19(11-15)29-14-21(26)24-9-10-25-22(27)20(31-23(25)30)13-17-5-4-6-18(12-17)28-3/h4-8,11-13H,9-10,14H2,1-3H3,(H,24,26)/b20-13+. The number of ether oxygens (including phenoxy) is 2. The van der Waals surface area contributed by atoms with Crippen LogP contribution < -0.4 is 14.8 Å². The van der Waals surface area contributed by atoms with Gasteiger partial charge in [-0.3, -0.25) is 14.5 Å². The van der Waals surface area contributed by atoms with Gasteiger partial charge < -0.3 is 14.8 Å². The summed E-state index contributed by atoms with van der Waals surface area (Å²) in [5.41, 5.74) is 2.90. The molecule has 2 aromatic rings. The van der Waals surface area contributed by atoms with Crippen molar-refractivity contribution < 1.29 is 19.1 Å². The lowest BCUT2D eigenvalue weighted by atomic mass is 10.1. The second-order valence-electron chi connectivity index (χ2n) is 7.02. The largest absolute Gasteiger partial charge is 0.497 e. The number of nitrogens with one attached hydrogen (secondary N) is 1. The molecule has 1 aliphatic rings. The first-order valence-electron chi connectivity index (χ1n) is 9.73. The summed E-state index contributed by atoms with van der Waals surface area (Å²) in [6.45, 7) is 4.40. The molecule has 31 heavy (non-hydrogen) atoms. The average molecular weight is 457 g/mol. The van der Waals surface area contributed by atoms with E-state index in [-0.39, 0.29) is 25.0 Å². The molecular formula is C23H24N2O4S2. The monoisotopic (exact) mass is 456 g/mol. The van der Waals surface area contributed by atoms with E-state index in [1.807, 2.05) is 56.3 Å². The Morgan fingerprint density at radius 3 is 2.81 bits per heavy atom. The lowest BCUT2D eigenvalue weighted by molar-refractivity contribution is -0.124. The Hall–Kier alpha value is -2.84. The van der Waals surface area contributed by atoms with Crippen molar-refractivity contribution in [1.29, 1.82) is 0 Å². The molecule has 1 N–H and O–H groups in total. The number of thioether (sulfide) groups is 1. The molecule has 6 nitrogen and oxygen atoms in total. The average Bonchev–Trinajstić information content (AvgIpc) is 3.01. The van der Waals surface area contributed by atoms with E-state index in [1.54, 1.807) is 13.2 Å². The summed E-state index contributed by atoms with van der Waals surface area (Å²) in [4.78, 5) is 26.9. The Balaban J connectivity index is 1.50. The normalized spacial score (nSPS) is 14.8. The molecule has 0 saturated carbocycles. The van der Waals surface area contributed by atoms with Crippen molar-refractivity contribution in [2.45, 2.75) is 13.8 Å². The zero-order valence-corrected chi connectivity index (χ0v) is 19.3. The predicted molar refractivity (Wildman–Crippen MR) is 127 cm³/mol. The second kappa shape index (κ2) is 10.5. The van der Waals surface area contributed by atoms with Crippen molar-refractivity contribution in [3.63, 3.8) is 0 Å². The minimum atomic E-state index is -0.252. The van der Waals surface area contributed by atoms with Crippen molar-refractivity contribution in [3.8, 4) is 11.5 Å². The maximum absolute atomic E-state index is 12.7. The van der Waals surface area contributed by atoms with E-state index in [9.17, 15) is 9.59 Å². The lowest BCUT2D eigenvalue weighted by Gasteiger charge is -2.15. The highest BCUT2D eigenvalue weighted by Crippen LogP contribution is 2.32. The number of amides is 2. The van der Waals surface area contributed by atoms with Crippen LogP contribution in [0.25, 0.3) is 6.08 Å². The molecule has 0 radical (unpaired) electrons. The summed E-state index contributed by atoms with van der Waals surface area (Å²) < 4.78 is 11.3. The quantitative estimate of drug-likeness (QED) is 0.483. The molecule has 1 saturated heterocycles. The summed E-state index contributed by atoms with van der Waals surface area (Å²) in [6, 6.07) is 13.3. The van der Waals surface area contributed by atoms with E-state index in [1.165, 1.54) is 16.7 Å². The van der Waals surface area contributed by atoms with Crippen LogP contribution in [0, 0.1) is 13.8 Å². The fourth-order valence-electron chi connectivity index (χ4n) is 2.94. The van der Waals surface area contributed by atoms with Gasteiger partial charge in [0.15, 0.2) is 6.61 Å². The Labute approximate surface area is 191 Å². The van der Waals surface area contributed by atoms with Crippen molar-refractivity contribution >= 4 is 46.2 Å². The topological polar surface area (TPSA) is 67.9 Å². The molecule has 0 unspecified atom stereocenters. The van der Waals surface area contributed by atoms with Gasteiger partial charge in [-0.1, -0.05) is 48.2 Å². The van der Waals surface area contributed by atoms with Crippen LogP contribution in [0.3, 0.4) is 0 Å². The van der Waals surface area contributed by atoms with E-state index in [4.69, 9.17) is 21.7 Å². The van der Waals surface area contributed by atoms with Gasteiger partial charge in [-0.25, -0.2) is 0 Å². The molecule has 1 heterocycles. The highest BCUT2D eigenvalue weighted by molar-refractivity contribution is 8.26. The molecule has 0 spiro atoms. The van der Waals surface area contributed by atoms with Crippen LogP contribution in [0.5, 0.6) is 11.5 Å². The third-order valence-electron chi connectivity index (χ3n) is 4.63. The van der Waals surface area contributed by atoms with Gasteiger partial charge in [-0.15, -0.1) is 0 Å². The number of nitrogens with zero attached hydrogens (tertiary/aromatic N) is 1. The minimum absolute atomic E-state index is 0.0849. The summed E-state index contributed by atoms with van der Waals surface area (Å²) in [5.74, 6) is 0.988. The van der Waals surface area contributed by atoms with Gasteiger partial charge in [-0.2, -0.15) is 0 Å². The first-order chi connectivity index (χ1) is 14.9. The van der Waals surface area contributed by atoms with Crippen LogP contribution in [0.15, 0.2) is 47.4 Å². The number of carbonyl (C=O) groups excluding carboxylic acids is 2. The van der Waals surface area contributed by atoms with Gasteiger partial charge in [-0.05, 0) is 54.8 Å². The van der Waals surface area contributed by atoms with Crippen molar-refractivity contribution in [2.75, 3.05) is 26.8 Å². The molecule has 1 fully saturated rings. The van der Waals surface area contributed by atoms with Gasteiger partial charge in [0.25, 0.3) is 11.8 Å². The van der Waals surface area contributed by atoms with E-state index >= 15 is 0 Å². The second-order valence-corrected chi connectivity index (χ2v) is 8.69. The molecule has 2 amide bonds. The van der Waals surface area contributed by atoms with E-state index < -0.39 is 0 Å². The number of methoxy groups -OCH3 is 1. The highest BCUT2D eigenvalue weighted by Gasteiger charge is 2.31. The molecule has 162 valence electrons. The van der Waals surface area contributed by atoms with Crippen LogP contribution in [0.2, 0.25) is 0 Å². The van der Waals surface area contributed by atoms with Crippen LogP contribution >= 0.6 is 24.0 Å². The van der Waals surface area contributed by atoms with E-state index in [0.717, 1.165) is 22.4 Å². The third-order valence-corrected chi connectivity index (χ3v) is 6.00. The molecule has 2 aromatic carbocycles. The molecule has 0 atom stereocenters. The third kappa shape index (κ3) is 6.08. The van der Waals surface area contributed by atoms with Gasteiger partial charge in [0.1, 0.15) is 15.8 Å². The number of carbonyl (C=O) groups is 2. The first-order valence-corrected chi connectivity index (χ1v) is 11.0. The van der Waals surface area contributed by atoms with Crippen molar-refractivity contribution in [2.24, 2.45) is 0 Å². The molecule has 1 aliphatic heterocycles. The maximum atomic E-state index is 12.7. The fraction of sp³-hybridized carbons (Fsp3) is 0.261. The number of rotatable bonds is 8. The van der Waals surface area contributed by atoms with Crippen LogP contribution in [0.1, 0.15) is 16.7 Å². The number of aryl methyl sites for hydroxylation is 2. The molecular weight excluding hydrogens is 432 g/mol. The minimum Gasteiger partial charge on any atom is -0.497 e. The highest BCUT2D eigenvalue weighted by atomic mass is 32.2. The molecule has 3 rings (SSSR count). The Bertz CT molecular complexity index is 1040. The first kappa shape index (κ1) is 22.8. The number of hydrogen-bond donors (Lipinski definition) is 1. The zero-order valence-electron chi connectivity index (χ0n) is 17.6. The maximum Gasteiger partial charge on any atom is 0.266 e. The Morgan fingerprint density at radius 2 is 2.03 bits per heavy atom. The van der Waals surface area contributed by atoms with Gasteiger partial charge in [0, 0.05) is 13.1 Å². The summed E-state index contributed by atoms with van der Waals surface area (Å²) >= 11 is 6.60. The predicted octanol–water partition coefficient (Wildman–Crippen LogP) is 3.71. The molecule has 0 aliphatic carbocycles. The smallest absolute Gasteiger partial charge is 0.266 e. The van der Waals surface area contributed by atoms with E-state index in [2.05, 4.69) is 5.32 Å². The van der Waals surface area contributed by atoms with Crippen molar-refractivity contribution in [1.82, 2.24) is 10.2 Å². The van der Waals surface area contributed by atoms with Gasteiger partial charge >= 0.3 is 0 Å². The SMILES string of the molecule is COc1cccc(/C=C2/SC(=S)N(CCNC(=O)COc3cc(C)ccc3C)C2=O)c1. The summed E-state index contributed by atoms with van der Waals surface area (Å²) in [5, 5.41) is 2.77. The lowest BCUT2D eigenvalue weighted by Crippen LogP contribution is -2.38. The van der Waals surface area contributed by atoms with Crippen LogP contribution in [-0.2, 0) is 9.59 Å². The zero-order chi connectivity index (χ0) is 22.4. The Kier molecular flexibility index (Phi) is 7.70. The van der Waals surface area contributed by atoms with Gasteiger partial charge in [0.2, 0.25) is 0 Å². The number of hydrogen-bond acceptors (Lipinski definition) is 6. The number of thiocarbonyl (C=S) groups is 1. The number of benzene rings is 2. The summed E-state index contributed by atoms with van der Waals surface area (Å²) in [6.07, 6.45) is 1.79. The van der Waals surface area contributed by atoms with Gasteiger partial charge in [0.05, 0.1) is 12.0 Å². The summed E-state index contributed by atoms with van der Waals surface area (Å²) in [7, 11) is 1.60. The Morgan fingerprint density at radius 1 is 1.23 bits per heavy atom. The molecule has 8 heteroatoms. The van der Waals surface area contributed by atoms with Crippen LogP contribution in [-0.4, -0.2) is 47.8 Å². The van der Waals surface area contributed by atoms with E-state index in [0.29, 0.717) is 21.5 Å². The molecule has 0 bridgehead atoms. The van der Waals surface area contributed by atoms with Crippen molar-refractivity contribution in [3.05, 3.63) is 64.1 Å². The molecule has 0 aromatic heterocycles.